The van der Waals surface area contributed by atoms with Gasteiger partial charge in [0.1, 0.15) is 17.3 Å². The van der Waals surface area contributed by atoms with E-state index in [0.29, 0.717) is 49.1 Å². The lowest BCUT2D eigenvalue weighted by Crippen LogP contribution is -2.03. The van der Waals surface area contributed by atoms with Crippen molar-refractivity contribution in [1.82, 2.24) is 9.97 Å². The standard InChI is InChI=1S/C26H19Cl2FN2O3/c1-4-17(32)11-14-6-5-7-18(29)22(14)26-30-13-16-10-15(8-9-19(16)31-26)23-24(27)20(33-2)12-21(34-3)25(23)28/h4-10,12-13H,1,11H2,2-3H3. The number of rotatable bonds is 7. The maximum Gasteiger partial charge on any atom is 0.163 e. The van der Waals surface area contributed by atoms with Crippen molar-refractivity contribution >= 4 is 39.9 Å². The molecular formula is C26H19Cl2FN2O3. The largest absolute Gasteiger partial charge is 0.495 e. The lowest BCUT2D eigenvalue weighted by Gasteiger charge is -2.15. The molecule has 0 aliphatic carbocycles. The van der Waals surface area contributed by atoms with E-state index in [1.54, 1.807) is 36.5 Å². The van der Waals surface area contributed by atoms with Gasteiger partial charge in [0.2, 0.25) is 0 Å². The number of halogens is 3. The van der Waals surface area contributed by atoms with Crippen molar-refractivity contribution in [3.05, 3.63) is 82.7 Å². The van der Waals surface area contributed by atoms with E-state index in [9.17, 15) is 9.18 Å². The summed E-state index contributed by atoms with van der Waals surface area (Å²) in [6, 6.07) is 11.6. The number of fused-ring (bicyclic) bond motifs is 1. The number of hydrogen-bond donors (Lipinski definition) is 0. The highest BCUT2D eigenvalue weighted by molar-refractivity contribution is 6.41. The summed E-state index contributed by atoms with van der Waals surface area (Å²) < 4.78 is 25.4. The van der Waals surface area contributed by atoms with Crippen LogP contribution in [0.1, 0.15) is 5.56 Å². The molecule has 0 saturated carbocycles. The smallest absolute Gasteiger partial charge is 0.163 e. The topological polar surface area (TPSA) is 61.3 Å². The van der Waals surface area contributed by atoms with Gasteiger partial charge in [0, 0.05) is 29.6 Å². The third kappa shape index (κ3) is 4.34. The van der Waals surface area contributed by atoms with Gasteiger partial charge in [0.05, 0.1) is 35.3 Å². The molecule has 1 aromatic heterocycles. The molecule has 4 rings (SSSR count). The second-order valence-electron chi connectivity index (χ2n) is 7.37. The molecule has 172 valence electrons. The van der Waals surface area contributed by atoms with Gasteiger partial charge in [0.15, 0.2) is 11.6 Å². The van der Waals surface area contributed by atoms with Crippen LogP contribution in [0.3, 0.4) is 0 Å². The van der Waals surface area contributed by atoms with Crippen LogP contribution in [0.5, 0.6) is 11.5 Å². The molecule has 1 heterocycles. The summed E-state index contributed by atoms with van der Waals surface area (Å²) in [5.74, 6) is 0.299. The molecule has 8 heteroatoms. The van der Waals surface area contributed by atoms with E-state index in [1.807, 2.05) is 6.07 Å². The number of allylic oxidation sites excluding steroid dienone is 1. The summed E-state index contributed by atoms with van der Waals surface area (Å²) in [5, 5.41) is 1.37. The molecule has 0 atom stereocenters. The average molecular weight is 497 g/mol. The van der Waals surface area contributed by atoms with Gasteiger partial charge in [-0.25, -0.2) is 14.4 Å². The van der Waals surface area contributed by atoms with Gasteiger partial charge in [-0.15, -0.1) is 0 Å². The van der Waals surface area contributed by atoms with E-state index >= 15 is 0 Å². The third-order valence-corrected chi connectivity index (χ3v) is 6.11. The van der Waals surface area contributed by atoms with Crippen LogP contribution in [0.15, 0.2) is 61.3 Å². The van der Waals surface area contributed by atoms with Crippen LogP contribution in [0, 0.1) is 5.82 Å². The number of carbonyl (C=O) groups is 1. The number of benzene rings is 3. The van der Waals surface area contributed by atoms with Gasteiger partial charge in [-0.05, 0) is 35.4 Å². The van der Waals surface area contributed by atoms with Gasteiger partial charge in [-0.2, -0.15) is 0 Å². The zero-order chi connectivity index (χ0) is 24.4. The predicted octanol–water partition coefficient (Wildman–Crippen LogP) is 6.72. The minimum absolute atomic E-state index is 0.00556. The van der Waals surface area contributed by atoms with E-state index in [2.05, 4.69) is 16.5 Å². The van der Waals surface area contributed by atoms with Crippen LogP contribution in [0.2, 0.25) is 10.0 Å². The first-order valence-electron chi connectivity index (χ1n) is 10.2. The van der Waals surface area contributed by atoms with Gasteiger partial charge in [-0.1, -0.05) is 48.0 Å². The van der Waals surface area contributed by atoms with Crippen LogP contribution >= 0.6 is 23.2 Å². The van der Waals surface area contributed by atoms with Crippen molar-refractivity contribution in [1.29, 1.82) is 0 Å². The molecule has 3 aromatic carbocycles. The Morgan fingerprint density at radius 1 is 1.06 bits per heavy atom. The summed E-state index contributed by atoms with van der Waals surface area (Å²) in [6.07, 6.45) is 2.80. The monoisotopic (exact) mass is 496 g/mol. The maximum atomic E-state index is 14.7. The molecule has 0 aliphatic heterocycles. The van der Waals surface area contributed by atoms with Crippen molar-refractivity contribution in [2.24, 2.45) is 0 Å². The number of nitrogens with zero attached hydrogens (tertiary/aromatic N) is 2. The highest BCUT2D eigenvalue weighted by Gasteiger charge is 2.20. The molecule has 0 bridgehead atoms. The van der Waals surface area contributed by atoms with E-state index < -0.39 is 5.82 Å². The maximum absolute atomic E-state index is 14.7. The molecule has 0 unspecified atom stereocenters. The SMILES string of the molecule is C=CC(=O)Cc1cccc(F)c1-c1ncc2cc(-c3c(Cl)c(OC)cc(OC)c3Cl)ccc2n1. The van der Waals surface area contributed by atoms with Crippen LogP contribution in [0.25, 0.3) is 33.4 Å². The Balaban J connectivity index is 1.83. The minimum atomic E-state index is -0.507. The lowest BCUT2D eigenvalue weighted by atomic mass is 10.00. The molecule has 0 aliphatic rings. The molecular weight excluding hydrogens is 478 g/mol. The summed E-state index contributed by atoms with van der Waals surface area (Å²) in [4.78, 5) is 20.8. The highest BCUT2D eigenvalue weighted by Crippen LogP contribution is 2.46. The summed E-state index contributed by atoms with van der Waals surface area (Å²) in [6.45, 7) is 3.48. The Hall–Kier alpha value is -3.48. The molecule has 5 nitrogen and oxygen atoms in total. The molecule has 0 N–H and O–H groups in total. The van der Waals surface area contributed by atoms with Crippen molar-refractivity contribution in [2.75, 3.05) is 14.2 Å². The quantitative estimate of drug-likeness (QED) is 0.265. The first-order valence-corrected chi connectivity index (χ1v) is 10.9. The van der Waals surface area contributed by atoms with E-state index in [-0.39, 0.29) is 23.6 Å². The fourth-order valence-corrected chi connectivity index (χ4v) is 4.39. The van der Waals surface area contributed by atoms with Gasteiger partial charge >= 0.3 is 0 Å². The Bertz CT molecular complexity index is 1410. The Morgan fingerprint density at radius 2 is 1.76 bits per heavy atom. The second-order valence-corrected chi connectivity index (χ2v) is 8.13. The van der Waals surface area contributed by atoms with E-state index in [0.717, 1.165) is 0 Å². The zero-order valence-corrected chi connectivity index (χ0v) is 19.9. The van der Waals surface area contributed by atoms with Crippen molar-refractivity contribution in [2.45, 2.75) is 6.42 Å². The highest BCUT2D eigenvalue weighted by atomic mass is 35.5. The van der Waals surface area contributed by atoms with E-state index in [4.69, 9.17) is 32.7 Å². The molecule has 4 aromatic rings. The summed E-state index contributed by atoms with van der Waals surface area (Å²) in [5.41, 5.74) is 2.51. The number of ether oxygens (including phenoxy) is 2. The molecule has 34 heavy (non-hydrogen) atoms. The van der Waals surface area contributed by atoms with Crippen LogP contribution in [-0.2, 0) is 11.2 Å². The minimum Gasteiger partial charge on any atom is -0.495 e. The van der Waals surface area contributed by atoms with Crippen LogP contribution in [0.4, 0.5) is 4.39 Å². The van der Waals surface area contributed by atoms with Gasteiger partial charge < -0.3 is 9.47 Å². The Labute approximate surface area is 205 Å². The Kier molecular flexibility index (Phi) is 6.82. The van der Waals surface area contributed by atoms with Crippen molar-refractivity contribution in [3.63, 3.8) is 0 Å². The van der Waals surface area contributed by atoms with Gasteiger partial charge in [0.25, 0.3) is 0 Å². The Morgan fingerprint density at radius 3 is 2.41 bits per heavy atom. The van der Waals surface area contributed by atoms with Crippen molar-refractivity contribution < 1.29 is 18.7 Å². The summed E-state index contributed by atoms with van der Waals surface area (Å²) in [7, 11) is 3.02. The lowest BCUT2D eigenvalue weighted by molar-refractivity contribution is -0.114. The number of aromatic nitrogens is 2. The zero-order valence-electron chi connectivity index (χ0n) is 18.4. The number of carbonyl (C=O) groups excluding carboxylic acids is 1. The molecule has 0 radical (unpaired) electrons. The summed E-state index contributed by atoms with van der Waals surface area (Å²) >= 11 is 13.1. The predicted molar refractivity (Wildman–Crippen MR) is 132 cm³/mol. The van der Waals surface area contributed by atoms with E-state index in [1.165, 1.54) is 26.4 Å². The molecule has 0 fully saturated rings. The third-order valence-electron chi connectivity index (χ3n) is 5.36. The number of ketones is 1. The van der Waals surface area contributed by atoms with Crippen LogP contribution < -0.4 is 9.47 Å². The number of hydrogen-bond acceptors (Lipinski definition) is 5. The number of methoxy groups -OCH3 is 2. The molecule has 0 spiro atoms. The van der Waals surface area contributed by atoms with Gasteiger partial charge in [-0.3, -0.25) is 4.79 Å². The van der Waals surface area contributed by atoms with Crippen LogP contribution in [-0.4, -0.2) is 30.0 Å². The molecule has 0 amide bonds. The van der Waals surface area contributed by atoms with Crippen molar-refractivity contribution in [3.8, 4) is 34.0 Å². The molecule has 0 saturated heterocycles. The average Bonchev–Trinajstić information content (AvgIpc) is 2.84. The fourth-order valence-electron chi connectivity index (χ4n) is 3.67. The first kappa shape index (κ1) is 23.7. The second kappa shape index (κ2) is 9.79. The fraction of sp³-hybridized carbons (Fsp3) is 0.115. The normalized spacial score (nSPS) is 10.9. The first-order chi connectivity index (χ1) is 16.4.